The van der Waals surface area contributed by atoms with Gasteiger partial charge in [0.2, 0.25) is 0 Å². The van der Waals surface area contributed by atoms with Gasteiger partial charge in [-0.1, -0.05) is 6.42 Å². The molecule has 0 amide bonds. The summed E-state index contributed by atoms with van der Waals surface area (Å²) >= 11 is 5.26. The Balaban J connectivity index is 1.48. The lowest BCUT2D eigenvalue weighted by Gasteiger charge is -2.11. The Labute approximate surface area is 150 Å². The second-order valence-corrected chi connectivity index (χ2v) is 6.34. The average Bonchev–Trinajstić information content (AvgIpc) is 2.82. The topological polar surface area (TPSA) is 97.9 Å². The Morgan fingerprint density at radius 2 is 2.04 bits per heavy atom. The molecule has 0 spiro atoms. The molecule has 3 rings (SSSR count). The number of hydrogen-bond acceptors (Lipinski definition) is 5. The average molecular weight is 360 g/mol. The van der Waals surface area contributed by atoms with Gasteiger partial charge in [-0.15, -0.1) is 10.2 Å². The second-order valence-electron chi connectivity index (χ2n) is 5.93. The molecule has 0 bridgehead atoms. The van der Waals surface area contributed by atoms with Crippen LogP contribution < -0.4 is 10.6 Å². The molecule has 0 aliphatic carbocycles. The maximum absolute atomic E-state index is 10.6. The molecule has 8 nitrogen and oxygen atoms in total. The number of aryl methyl sites for hydroxylation is 1. The van der Waals surface area contributed by atoms with Gasteiger partial charge in [0.05, 0.1) is 4.92 Å². The van der Waals surface area contributed by atoms with Gasteiger partial charge in [-0.05, 0) is 37.2 Å². The number of thiocarbonyl (C=S) groups is 1. The van der Waals surface area contributed by atoms with Crippen molar-refractivity contribution in [2.24, 2.45) is 0 Å². The minimum Gasteiger partial charge on any atom is -0.362 e. The van der Waals surface area contributed by atoms with Crippen molar-refractivity contribution in [2.45, 2.75) is 38.6 Å². The molecule has 132 valence electrons. The van der Waals surface area contributed by atoms with Crippen LogP contribution in [0.5, 0.6) is 0 Å². The summed E-state index contributed by atoms with van der Waals surface area (Å²) in [7, 11) is 0. The molecular weight excluding hydrogens is 340 g/mol. The van der Waals surface area contributed by atoms with E-state index in [1.54, 1.807) is 12.1 Å². The lowest BCUT2D eigenvalue weighted by molar-refractivity contribution is -0.384. The monoisotopic (exact) mass is 360 g/mol. The molecule has 1 aliphatic rings. The summed E-state index contributed by atoms with van der Waals surface area (Å²) < 4.78 is 2.22. The van der Waals surface area contributed by atoms with Crippen molar-refractivity contribution < 1.29 is 4.92 Å². The number of non-ortho nitro benzene ring substituents is 1. The number of nitrogens with zero attached hydrogens (tertiary/aromatic N) is 4. The summed E-state index contributed by atoms with van der Waals surface area (Å²) in [5, 5.41) is 25.9. The van der Waals surface area contributed by atoms with E-state index in [0.29, 0.717) is 17.3 Å². The van der Waals surface area contributed by atoms with Crippen LogP contribution in [0.3, 0.4) is 0 Å². The Morgan fingerprint density at radius 1 is 1.24 bits per heavy atom. The summed E-state index contributed by atoms with van der Waals surface area (Å²) in [6, 6.07) is 6.14. The zero-order chi connectivity index (χ0) is 17.6. The van der Waals surface area contributed by atoms with Crippen LogP contribution in [-0.2, 0) is 19.4 Å². The van der Waals surface area contributed by atoms with E-state index < -0.39 is 4.92 Å². The van der Waals surface area contributed by atoms with Crippen LogP contribution in [0.4, 0.5) is 11.4 Å². The summed E-state index contributed by atoms with van der Waals surface area (Å²) in [5.41, 5.74) is 0.761. The van der Waals surface area contributed by atoms with Gasteiger partial charge < -0.3 is 15.2 Å². The molecule has 0 radical (unpaired) electrons. The third-order valence-corrected chi connectivity index (χ3v) is 4.40. The Kier molecular flexibility index (Phi) is 5.54. The van der Waals surface area contributed by atoms with Crippen LogP contribution in [0.25, 0.3) is 0 Å². The summed E-state index contributed by atoms with van der Waals surface area (Å²) in [4.78, 5) is 10.2. The van der Waals surface area contributed by atoms with E-state index in [0.717, 1.165) is 31.0 Å². The van der Waals surface area contributed by atoms with Crippen molar-refractivity contribution in [1.29, 1.82) is 0 Å². The van der Waals surface area contributed by atoms with E-state index in [2.05, 4.69) is 25.4 Å². The molecule has 0 atom stereocenters. The standard InChI is InChI=1S/C16H20N6O2S/c23-22(24)13-7-5-12(6-8-13)18-16(25)17-10-9-15-20-19-14-4-2-1-3-11-21(14)15/h5-8H,1-4,9-11H2,(H2,17,18,25). The van der Waals surface area contributed by atoms with E-state index in [-0.39, 0.29) is 5.69 Å². The quantitative estimate of drug-likeness (QED) is 0.480. The highest BCUT2D eigenvalue weighted by molar-refractivity contribution is 7.80. The first-order chi connectivity index (χ1) is 12.1. The number of anilines is 1. The van der Waals surface area contributed by atoms with Gasteiger partial charge in [0.25, 0.3) is 5.69 Å². The highest BCUT2D eigenvalue weighted by atomic mass is 32.1. The molecule has 0 fully saturated rings. The van der Waals surface area contributed by atoms with Crippen molar-refractivity contribution in [3.8, 4) is 0 Å². The molecule has 0 saturated carbocycles. The molecule has 1 aromatic carbocycles. The van der Waals surface area contributed by atoms with E-state index in [4.69, 9.17) is 12.2 Å². The first-order valence-corrected chi connectivity index (χ1v) is 8.74. The van der Waals surface area contributed by atoms with Crippen LogP contribution in [-0.4, -0.2) is 31.3 Å². The van der Waals surface area contributed by atoms with E-state index in [1.807, 2.05) is 0 Å². The summed E-state index contributed by atoms with van der Waals surface area (Å²) in [6.07, 6.45) is 5.34. The van der Waals surface area contributed by atoms with Crippen LogP contribution in [0.2, 0.25) is 0 Å². The predicted molar refractivity (Wildman–Crippen MR) is 98.6 cm³/mol. The Bertz CT molecular complexity index is 758. The van der Waals surface area contributed by atoms with Crippen LogP contribution in [0.1, 0.15) is 30.9 Å². The van der Waals surface area contributed by atoms with Gasteiger partial charge in [-0.3, -0.25) is 10.1 Å². The zero-order valence-corrected chi connectivity index (χ0v) is 14.6. The van der Waals surface area contributed by atoms with Crippen LogP contribution >= 0.6 is 12.2 Å². The van der Waals surface area contributed by atoms with Gasteiger partial charge in [-0.25, -0.2) is 0 Å². The van der Waals surface area contributed by atoms with Gasteiger partial charge in [0.15, 0.2) is 5.11 Å². The van der Waals surface area contributed by atoms with E-state index >= 15 is 0 Å². The molecule has 0 saturated heterocycles. The number of aromatic nitrogens is 3. The largest absolute Gasteiger partial charge is 0.362 e. The SMILES string of the molecule is O=[N+]([O-])c1ccc(NC(=S)NCCc2nnc3n2CCCCC3)cc1. The fourth-order valence-corrected chi connectivity index (χ4v) is 3.08. The maximum atomic E-state index is 10.6. The van der Waals surface area contributed by atoms with Crippen molar-refractivity contribution in [3.05, 3.63) is 46.0 Å². The molecule has 2 N–H and O–H groups in total. The van der Waals surface area contributed by atoms with Crippen molar-refractivity contribution in [3.63, 3.8) is 0 Å². The molecule has 2 aromatic rings. The van der Waals surface area contributed by atoms with Crippen molar-refractivity contribution >= 4 is 28.7 Å². The van der Waals surface area contributed by atoms with Gasteiger partial charge >= 0.3 is 0 Å². The first-order valence-electron chi connectivity index (χ1n) is 8.34. The number of rotatable bonds is 5. The van der Waals surface area contributed by atoms with Gasteiger partial charge in [0.1, 0.15) is 11.6 Å². The Hall–Kier alpha value is -2.55. The number of fused-ring (bicyclic) bond motifs is 1. The van der Waals surface area contributed by atoms with E-state index in [9.17, 15) is 10.1 Å². The Morgan fingerprint density at radius 3 is 2.80 bits per heavy atom. The third kappa shape index (κ3) is 4.50. The second kappa shape index (κ2) is 8.02. The molecule has 2 heterocycles. The minimum absolute atomic E-state index is 0.0527. The number of nitrogens with one attached hydrogen (secondary N) is 2. The number of hydrogen-bond donors (Lipinski definition) is 2. The molecular formula is C16H20N6O2S. The maximum Gasteiger partial charge on any atom is 0.269 e. The van der Waals surface area contributed by atoms with Crippen LogP contribution in [0, 0.1) is 10.1 Å². The van der Waals surface area contributed by atoms with E-state index in [1.165, 1.54) is 31.4 Å². The highest BCUT2D eigenvalue weighted by Crippen LogP contribution is 2.16. The number of benzene rings is 1. The third-order valence-electron chi connectivity index (χ3n) is 4.16. The fraction of sp³-hybridized carbons (Fsp3) is 0.438. The number of nitro benzene ring substituents is 1. The molecule has 25 heavy (non-hydrogen) atoms. The lowest BCUT2D eigenvalue weighted by atomic mass is 10.2. The summed E-state index contributed by atoms with van der Waals surface area (Å²) in [5.74, 6) is 2.07. The predicted octanol–water partition coefficient (Wildman–Crippen LogP) is 2.44. The lowest BCUT2D eigenvalue weighted by Crippen LogP contribution is -2.30. The highest BCUT2D eigenvalue weighted by Gasteiger charge is 2.14. The molecule has 1 aromatic heterocycles. The van der Waals surface area contributed by atoms with Crippen LogP contribution in [0.15, 0.2) is 24.3 Å². The zero-order valence-electron chi connectivity index (χ0n) is 13.8. The van der Waals surface area contributed by atoms with Crippen molar-refractivity contribution in [2.75, 3.05) is 11.9 Å². The molecule has 9 heteroatoms. The smallest absolute Gasteiger partial charge is 0.269 e. The summed E-state index contributed by atoms with van der Waals surface area (Å²) in [6.45, 7) is 1.64. The van der Waals surface area contributed by atoms with Crippen molar-refractivity contribution in [1.82, 2.24) is 20.1 Å². The first kappa shape index (κ1) is 17.3. The number of nitro groups is 1. The molecule has 0 unspecified atom stereocenters. The fourth-order valence-electron chi connectivity index (χ4n) is 2.86. The minimum atomic E-state index is -0.429. The molecule has 1 aliphatic heterocycles. The normalized spacial score (nSPS) is 13.6. The van der Waals surface area contributed by atoms with Gasteiger partial charge in [-0.2, -0.15) is 0 Å². The van der Waals surface area contributed by atoms with Gasteiger partial charge in [0, 0.05) is 43.8 Å².